The molecule has 0 spiro atoms. The van der Waals surface area contributed by atoms with Gasteiger partial charge in [-0.05, 0) is 12.1 Å². The van der Waals surface area contributed by atoms with Crippen LogP contribution in [0.25, 0.3) is 0 Å². The van der Waals surface area contributed by atoms with Crippen molar-refractivity contribution in [3.05, 3.63) is 54.7 Å². The van der Waals surface area contributed by atoms with Crippen LogP contribution in [0.5, 0.6) is 0 Å². The Bertz CT molecular complexity index is 404. The molecule has 1 aromatic heterocycles. The zero-order valence-electron chi connectivity index (χ0n) is 8.72. The van der Waals surface area contributed by atoms with Crippen LogP contribution in [-0.2, 0) is 0 Å². The highest BCUT2D eigenvalue weighted by Crippen LogP contribution is 2.12. The third-order valence-corrected chi connectivity index (χ3v) is 3.69. The summed E-state index contributed by atoms with van der Waals surface area (Å²) in [6, 6.07) is 16.7. The van der Waals surface area contributed by atoms with Crippen molar-refractivity contribution in [1.82, 2.24) is 4.98 Å². The predicted octanol–water partition coefficient (Wildman–Crippen LogP) is 1.91. The molecule has 0 radical (unpaired) electrons. The lowest BCUT2D eigenvalue weighted by atomic mass is 9.71. The maximum absolute atomic E-state index is 4.36. The van der Waals surface area contributed by atoms with Gasteiger partial charge >= 0.3 is 0 Å². The summed E-state index contributed by atoms with van der Waals surface area (Å²) in [6.45, 7) is 2.25. The van der Waals surface area contributed by atoms with Crippen molar-refractivity contribution in [1.29, 1.82) is 0 Å². The highest BCUT2D eigenvalue weighted by atomic mass is 31.1. The first-order chi connectivity index (χ1) is 7.36. The Balaban J connectivity index is 2.08. The van der Waals surface area contributed by atoms with Gasteiger partial charge in [0.2, 0.25) is 6.43 Å². The van der Waals surface area contributed by atoms with E-state index in [1.54, 1.807) is 0 Å². The topological polar surface area (TPSA) is 12.9 Å². The summed E-state index contributed by atoms with van der Waals surface area (Å²) in [5.41, 5.74) is 2.58. The number of hydrogen-bond acceptors (Lipinski definition) is 1. The molecule has 1 nitrogen and oxygen atoms in total. The molecule has 2 rings (SSSR count). The third-order valence-electron chi connectivity index (χ3n) is 2.33. The van der Waals surface area contributed by atoms with Gasteiger partial charge in [0.15, 0.2) is 0 Å². The van der Waals surface area contributed by atoms with Crippen molar-refractivity contribution in [3.63, 3.8) is 0 Å². The maximum Gasteiger partial charge on any atom is 0.205 e. The molecule has 0 fully saturated rings. The Morgan fingerprint density at radius 1 is 1.00 bits per heavy atom. The van der Waals surface area contributed by atoms with Gasteiger partial charge in [-0.1, -0.05) is 57.1 Å². The number of aromatic nitrogens is 1. The van der Waals surface area contributed by atoms with E-state index in [-0.39, 0.29) is 0 Å². The molecule has 0 aliphatic rings. The van der Waals surface area contributed by atoms with Crippen LogP contribution >= 0.6 is 8.46 Å². The first kappa shape index (κ1) is 10.4. The van der Waals surface area contributed by atoms with Crippen molar-refractivity contribution < 1.29 is 0 Å². The van der Waals surface area contributed by atoms with Gasteiger partial charge < -0.3 is 0 Å². The molecule has 1 heterocycles. The van der Waals surface area contributed by atoms with Gasteiger partial charge in [0, 0.05) is 6.20 Å². The number of benzene rings is 1. The number of hydrogen-bond donors (Lipinski definition) is 0. The molecule has 1 unspecified atom stereocenters. The van der Waals surface area contributed by atoms with Crippen molar-refractivity contribution in [2.75, 3.05) is 0 Å². The van der Waals surface area contributed by atoms with Crippen molar-refractivity contribution in [3.8, 4) is 0 Å². The number of rotatable bonds is 3. The van der Waals surface area contributed by atoms with E-state index in [2.05, 4.69) is 48.2 Å². The highest BCUT2D eigenvalue weighted by molar-refractivity contribution is 7.83. The quantitative estimate of drug-likeness (QED) is 0.560. The van der Waals surface area contributed by atoms with E-state index in [0.717, 1.165) is 8.46 Å². The molecule has 0 saturated carbocycles. The van der Waals surface area contributed by atoms with E-state index in [0.29, 0.717) is 6.43 Å². The zero-order chi connectivity index (χ0) is 10.5. The van der Waals surface area contributed by atoms with Crippen LogP contribution in [0.4, 0.5) is 0 Å². The lowest BCUT2D eigenvalue weighted by Gasteiger charge is -2.07. The Hall–Kier alpha value is -1.14. The number of pyridine rings is 1. The summed E-state index contributed by atoms with van der Waals surface area (Å²) in [7, 11) is 0.745. The lowest BCUT2D eigenvalue weighted by molar-refractivity contribution is 1.39. The summed E-state index contributed by atoms with van der Waals surface area (Å²) in [5.74, 6) is 0. The van der Waals surface area contributed by atoms with E-state index in [4.69, 9.17) is 0 Å². The summed E-state index contributed by atoms with van der Waals surface area (Å²) < 4.78 is 0. The molecule has 1 atom stereocenters. The zero-order valence-corrected chi connectivity index (χ0v) is 9.72. The van der Waals surface area contributed by atoms with Crippen LogP contribution in [-0.4, -0.2) is 11.4 Å². The summed E-state index contributed by atoms with van der Waals surface area (Å²) in [6.07, 6.45) is 2.42. The molecule has 0 amide bonds. The predicted molar refractivity (Wildman–Crippen MR) is 69.9 cm³/mol. The van der Waals surface area contributed by atoms with Crippen LogP contribution in [0.1, 0.15) is 0 Å². The lowest BCUT2D eigenvalue weighted by Crippen LogP contribution is -2.24. The smallest absolute Gasteiger partial charge is 0.205 e. The SMILES string of the molecule is CB(Pc1ccccn1)c1ccccc1. The molecule has 3 heteroatoms. The minimum atomic E-state index is 0.557. The molecule has 0 bridgehead atoms. The summed E-state index contributed by atoms with van der Waals surface area (Å²) in [4.78, 5) is 4.36. The normalized spacial score (nSPS) is 10.7. The van der Waals surface area contributed by atoms with Gasteiger partial charge in [0.05, 0.1) is 5.44 Å². The largest absolute Gasteiger partial charge is 0.258 e. The highest BCUT2D eigenvalue weighted by Gasteiger charge is 2.10. The molecule has 0 saturated heterocycles. The molecule has 0 aliphatic heterocycles. The molecule has 2 aromatic rings. The average molecular weight is 213 g/mol. The van der Waals surface area contributed by atoms with Crippen LogP contribution in [0.3, 0.4) is 0 Å². The van der Waals surface area contributed by atoms with Crippen LogP contribution in [0.15, 0.2) is 54.7 Å². The fourth-order valence-electron chi connectivity index (χ4n) is 1.50. The molecule has 1 aromatic carbocycles. The van der Waals surface area contributed by atoms with Gasteiger partial charge in [0.25, 0.3) is 0 Å². The van der Waals surface area contributed by atoms with Gasteiger partial charge in [0.1, 0.15) is 0 Å². The van der Waals surface area contributed by atoms with Crippen molar-refractivity contribution >= 4 is 25.8 Å². The monoisotopic (exact) mass is 213 g/mol. The van der Waals surface area contributed by atoms with Gasteiger partial charge in [-0.25, -0.2) is 0 Å². The maximum atomic E-state index is 4.36. The average Bonchev–Trinajstić information content (AvgIpc) is 2.31. The Morgan fingerprint density at radius 3 is 2.40 bits per heavy atom. The molecule has 0 aliphatic carbocycles. The third kappa shape index (κ3) is 2.90. The van der Waals surface area contributed by atoms with Crippen molar-refractivity contribution in [2.45, 2.75) is 6.82 Å². The Labute approximate surface area is 92.8 Å². The summed E-state index contributed by atoms with van der Waals surface area (Å²) >= 11 is 0. The molecule has 74 valence electrons. The minimum Gasteiger partial charge on any atom is -0.258 e. The summed E-state index contributed by atoms with van der Waals surface area (Å²) in [5, 5.41) is 0. The second-order valence-corrected chi connectivity index (χ2v) is 5.16. The Kier molecular flexibility index (Phi) is 3.52. The fraction of sp³-hybridized carbons (Fsp3) is 0.0833. The van der Waals surface area contributed by atoms with Crippen LogP contribution in [0, 0.1) is 0 Å². The second kappa shape index (κ2) is 5.09. The van der Waals surface area contributed by atoms with Crippen LogP contribution in [0.2, 0.25) is 6.82 Å². The van der Waals surface area contributed by atoms with E-state index in [9.17, 15) is 0 Å². The van der Waals surface area contributed by atoms with Gasteiger partial charge in [-0.2, -0.15) is 0 Å². The van der Waals surface area contributed by atoms with Gasteiger partial charge in [-0.3, -0.25) is 4.98 Å². The fourth-order valence-corrected chi connectivity index (χ4v) is 2.64. The molecular formula is C12H13BNP. The van der Waals surface area contributed by atoms with Gasteiger partial charge in [-0.15, -0.1) is 0 Å². The van der Waals surface area contributed by atoms with E-state index >= 15 is 0 Å². The Morgan fingerprint density at radius 2 is 1.73 bits per heavy atom. The van der Waals surface area contributed by atoms with E-state index < -0.39 is 0 Å². The number of nitrogens with zero attached hydrogens (tertiary/aromatic N) is 1. The second-order valence-electron chi connectivity index (χ2n) is 3.49. The van der Waals surface area contributed by atoms with E-state index in [1.807, 2.05) is 18.3 Å². The van der Waals surface area contributed by atoms with Crippen LogP contribution < -0.4 is 10.9 Å². The van der Waals surface area contributed by atoms with Crippen molar-refractivity contribution in [2.24, 2.45) is 0 Å². The molecule has 15 heavy (non-hydrogen) atoms. The molecular weight excluding hydrogens is 200 g/mol. The van der Waals surface area contributed by atoms with E-state index in [1.165, 1.54) is 10.9 Å². The first-order valence-corrected chi connectivity index (χ1v) is 6.16. The first-order valence-electron chi connectivity index (χ1n) is 5.09. The molecule has 0 N–H and O–H groups in total. The minimum absolute atomic E-state index is 0.557. The standard InChI is InChI=1S/C12H13BNP/c1-13(11-7-3-2-4-8-11)15-12-9-5-6-10-14-12/h2-10,15H,1H3.